The van der Waals surface area contributed by atoms with E-state index in [1.807, 2.05) is 43.3 Å². The molecule has 1 unspecified atom stereocenters. The van der Waals surface area contributed by atoms with Gasteiger partial charge in [0.05, 0.1) is 6.61 Å². The van der Waals surface area contributed by atoms with Gasteiger partial charge in [-0.05, 0) is 54.7 Å². The normalized spacial score (nSPS) is 12.2. The highest BCUT2D eigenvalue weighted by Gasteiger charge is 2.21. The third-order valence-electron chi connectivity index (χ3n) is 4.76. The molecule has 156 valence electrons. The van der Waals surface area contributed by atoms with E-state index >= 15 is 0 Å². The molecule has 0 aliphatic heterocycles. The van der Waals surface area contributed by atoms with Crippen molar-refractivity contribution in [2.75, 3.05) is 13.7 Å². The summed E-state index contributed by atoms with van der Waals surface area (Å²) in [6.07, 6.45) is 0. The van der Waals surface area contributed by atoms with Gasteiger partial charge >= 0.3 is 0 Å². The Kier molecular flexibility index (Phi) is 7.43. The Balaban J connectivity index is 1.93. The summed E-state index contributed by atoms with van der Waals surface area (Å²) in [5.74, 6) is 0.419. The molecule has 2 rings (SSSR count). The Morgan fingerprint density at radius 3 is 2.14 bits per heavy atom. The maximum atomic E-state index is 12.7. The Hall–Kier alpha value is -2.82. The molecule has 0 fully saturated rings. The molecule has 0 bridgehead atoms. The second kappa shape index (κ2) is 9.59. The number of hydrogen-bond donors (Lipinski definition) is 1. The van der Waals surface area contributed by atoms with Crippen molar-refractivity contribution >= 4 is 11.8 Å². The van der Waals surface area contributed by atoms with Gasteiger partial charge in [-0.3, -0.25) is 9.59 Å². The number of benzene rings is 2. The number of nitrogens with one attached hydrogen (secondary N) is 1. The highest BCUT2D eigenvalue weighted by atomic mass is 16.5. The van der Waals surface area contributed by atoms with Crippen molar-refractivity contribution < 1.29 is 14.3 Å². The molecule has 2 aromatic rings. The fraction of sp³-hybridized carbons (Fsp3) is 0.417. The lowest BCUT2D eigenvalue weighted by atomic mass is 9.86. The average molecular weight is 397 g/mol. The van der Waals surface area contributed by atoms with Crippen LogP contribution in [0.5, 0.6) is 5.75 Å². The van der Waals surface area contributed by atoms with Crippen molar-refractivity contribution in [3.8, 4) is 5.75 Å². The van der Waals surface area contributed by atoms with Crippen LogP contribution in [0.4, 0.5) is 0 Å². The predicted octanol–water partition coefficient (Wildman–Crippen LogP) is 4.16. The lowest BCUT2D eigenvalue weighted by Crippen LogP contribution is -2.45. The Morgan fingerprint density at radius 2 is 1.62 bits per heavy atom. The van der Waals surface area contributed by atoms with E-state index in [0.29, 0.717) is 18.7 Å². The molecule has 1 atom stereocenters. The fourth-order valence-electron chi connectivity index (χ4n) is 3.00. The molecule has 0 heterocycles. The van der Waals surface area contributed by atoms with Crippen LogP contribution in [0.15, 0.2) is 48.5 Å². The van der Waals surface area contributed by atoms with Crippen molar-refractivity contribution in [1.82, 2.24) is 10.2 Å². The van der Waals surface area contributed by atoms with Crippen molar-refractivity contribution in [3.05, 3.63) is 65.2 Å². The number of rotatable bonds is 7. The summed E-state index contributed by atoms with van der Waals surface area (Å²) in [6.45, 7) is 11.1. The average Bonchev–Trinajstić information content (AvgIpc) is 2.68. The van der Waals surface area contributed by atoms with Crippen LogP contribution < -0.4 is 10.1 Å². The van der Waals surface area contributed by atoms with Crippen LogP contribution in [0, 0.1) is 0 Å². The first-order valence-corrected chi connectivity index (χ1v) is 10.00. The number of carbonyl (C=O) groups is 2. The van der Waals surface area contributed by atoms with Gasteiger partial charge in [0.15, 0.2) is 0 Å². The quantitative estimate of drug-likeness (QED) is 0.764. The predicted molar refractivity (Wildman–Crippen MR) is 116 cm³/mol. The topological polar surface area (TPSA) is 58.6 Å². The zero-order valence-corrected chi connectivity index (χ0v) is 18.3. The maximum absolute atomic E-state index is 12.7. The first kappa shape index (κ1) is 22.5. The van der Waals surface area contributed by atoms with E-state index in [-0.39, 0.29) is 17.2 Å². The van der Waals surface area contributed by atoms with E-state index in [1.165, 1.54) is 0 Å². The number of hydrogen-bond acceptors (Lipinski definition) is 3. The van der Waals surface area contributed by atoms with E-state index in [1.54, 1.807) is 31.0 Å². The summed E-state index contributed by atoms with van der Waals surface area (Å²) in [7, 11) is 1.74. The van der Waals surface area contributed by atoms with E-state index in [4.69, 9.17) is 4.74 Å². The Morgan fingerprint density at radius 1 is 1.03 bits per heavy atom. The van der Waals surface area contributed by atoms with Gasteiger partial charge in [0.1, 0.15) is 11.8 Å². The first-order valence-electron chi connectivity index (χ1n) is 10.00. The lowest BCUT2D eigenvalue weighted by molar-refractivity contribution is -0.132. The molecular weight excluding hydrogens is 364 g/mol. The van der Waals surface area contributed by atoms with Gasteiger partial charge in [-0.25, -0.2) is 0 Å². The van der Waals surface area contributed by atoms with Gasteiger partial charge in [0, 0.05) is 19.2 Å². The van der Waals surface area contributed by atoms with E-state index < -0.39 is 6.04 Å². The third-order valence-corrected chi connectivity index (χ3v) is 4.76. The van der Waals surface area contributed by atoms with Gasteiger partial charge in [-0.15, -0.1) is 0 Å². The molecule has 5 heteroatoms. The van der Waals surface area contributed by atoms with Crippen molar-refractivity contribution in [2.45, 2.75) is 52.6 Å². The van der Waals surface area contributed by atoms with Crippen molar-refractivity contribution in [2.24, 2.45) is 0 Å². The summed E-state index contributed by atoms with van der Waals surface area (Å²) in [5, 5.41) is 2.80. The van der Waals surface area contributed by atoms with Crippen LogP contribution in [0.25, 0.3) is 0 Å². The molecular formula is C24H32N2O3. The minimum absolute atomic E-state index is 0.0296. The van der Waals surface area contributed by atoms with Crippen LogP contribution in [-0.4, -0.2) is 36.4 Å². The fourth-order valence-corrected chi connectivity index (χ4v) is 3.00. The molecule has 1 N–H and O–H groups in total. The van der Waals surface area contributed by atoms with Crippen LogP contribution in [0.1, 0.15) is 56.1 Å². The number of ether oxygens (including phenoxy) is 1. The Bertz CT molecular complexity index is 821. The van der Waals surface area contributed by atoms with Crippen LogP contribution in [-0.2, 0) is 16.8 Å². The van der Waals surface area contributed by atoms with Gasteiger partial charge < -0.3 is 15.0 Å². The molecule has 2 aromatic carbocycles. The zero-order valence-electron chi connectivity index (χ0n) is 18.3. The van der Waals surface area contributed by atoms with Crippen molar-refractivity contribution in [3.63, 3.8) is 0 Å². The minimum Gasteiger partial charge on any atom is -0.494 e. The lowest BCUT2D eigenvalue weighted by Gasteiger charge is -2.23. The van der Waals surface area contributed by atoms with Crippen LogP contribution >= 0.6 is 0 Å². The number of nitrogens with zero attached hydrogens (tertiary/aromatic N) is 1. The maximum Gasteiger partial charge on any atom is 0.251 e. The molecule has 2 amide bonds. The molecule has 0 saturated carbocycles. The summed E-state index contributed by atoms with van der Waals surface area (Å²) in [4.78, 5) is 26.8. The summed E-state index contributed by atoms with van der Waals surface area (Å²) in [5.41, 5.74) is 2.74. The molecule has 29 heavy (non-hydrogen) atoms. The number of amides is 2. The monoisotopic (exact) mass is 396 g/mol. The summed E-state index contributed by atoms with van der Waals surface area (Å²) >= 11 is 0. The van der Waals surface area contributed by atoms with E-state index in [0.717, 1.165) is 16.9 Å². The first-order chi connectivity index (χ1) is 13.6. The molecule has 0 aliphatic carbocycles. The summed E-state index contributed by atoms with van der Waals surface area (Å²) < 4.78 is 5.44. The van der Waals surface area contributed by atoms with Crippen molar-refractivity contribution in [1.29, 1.82) is 0 Å². The minimum atomic E-state index is -0.613. The largest absolute Gasteiger partial charge is 0.494 e. The summed E-state index contributed by atoms with van der Waals surface area (Å²) in [6, 6.07) is 14.6. The number of likely N-dealkylation sites (N-methyl/N-ethyl adjacent to an activating group) is 1. The van der Waals surface area contributed by atoms with Crippen LogP contribution in [0.2, 0.25) is 0 Å². The molecule has 5 nitrogen and oxygen atoms in total. The smallest absolute Gasteiger partial charge is 0.251 e. The number of carbonyl (C=O) groups excluding carboxylic acids is 2. The van der Waals surface area contributed by atoms with Crippen LogP contribution in [0.3, 0.4) is 0 Å². The molecule has 0 radical (unpaired) electrons. The molecule has 0 aliphatic rings. The molecule has 0 spiro atoms. The zero-order chi connectivity index (χ0) is 21.6. The SMILES string of the molecule is CCOc1ccc(CN(C)C(=O)C(C)NC(=O)c2ccc(C(C)(C)C)cc2)cc1. The molecule has 0 saturated heterocycles. The highest BCUT2D eigenvalue weighted by molar-refractivity contribution is 5.97. The van der Waals surface area contributed by atoms with Gasteiger partial charge in [-0.2, -0.15) is 0 Å². The van der Waals surface area contributed by atoms with Gasteiger partial charge in [0.2, 0.25) is 5.91 Å². The van der Waals surface area contributed by atoms with Gasteiger partial charge in [-0.1, -0.05) is 45.0 Å². The van der Waals surface area contributed by atoms with E-state index in [2.05, 4.69) is 26.1 Å². The van der Waals surface area contributed by atoms with Gasteiger partial charge in [0.25, 0.3) is 5.91 Å². The highest BCUT2D eigenvalue weighted by Crippen LogP contribution is 2.22. The second-order valence-corrected chi connectivity index (χ2v) is 8.29. The standard InChI is InChI=1S/C24H32N2O3/c1-7-29-21-14-8-18(9-15-21)16-26(6)23(28)17(2)25-22(27)19-10-12-20(13-11-19)24(3,4)5/h8-15,17H,7,16H2,1-6H3,(H,25,27). The Labute approximate surface area is 174 Å². The third kappa shape index (κ3) is 6.34. The second-order valence-electron chi connectivity index (χ2n) is 8.29. The molecule has 0 aromatic heterocycles. The van der Waals surface area contributed by atoms with E-state index in [9.17, 15) is 9.59 Å².